The summed E-state index contributed by atoms with van der Waals surface area (Å²) < 4.78 is 44.4. The summed E-state index contributed by atoms with van der Waals surface area (Å²) in [6.45, 7) is 1.12. The van der Waals surface area contributed by atoms with E-state index in [0.717, 1.165) is 26.2 Å². The first-order chi connectivity index (χ1) is 10.2. The Bertz CT molecular complexity index is 551. The molecule has 120 valence electrons. The van der Waals surface area contributed by atoms with Gasteiger partial charge in [-0.2, -0.15) is 0 Å². The number of halogens is 3. The number of methoxy groups -OCH3 is 1. The molecule has 0 spiro atoms. The second kappa shape index (κ2) is 7.06. The zero-order valence-corrected chi connectivity index (χ0v) is 11.7. The van der Waals surface area contributed by atoms with Crippen LogP contribution in [0.1, 0.15) is 18.4 Å². The van der Waals surface area contributed by atoms with E-state index in [1.54, 1.807) is 0 Å². The number of hydrogen-bond acceptors (Lipinski definition) is 5. The molecule has 0 amide bonds. The van der Waals surface area contributed by atoms with Crippen LogP contribution in [0.5, 0.6) is 5.75 Å². The summed E-state index contributed by atoms with van der Waals surface area (Å²) in [7, 11) is 1.07. The van der Waals surface area contributed by atoms with Crippen molar-refractivity contribution in [3.05, 3.63) is 29.8 Å². The first kappa shape index (κ1) is 17.7. The normalized spacial score (nSPS) is 13.9. The van der Waals surface area contributed by atoms with Gasteiger partial charge in [0.2, 0.25) is 0 Å². The molecule has 1 aromatic carbocycles. The van der Waals surface area contributed by atoms with E-state index in [9.17, 15) is 27.6 Å². The number of esters is 1. The van der Waals surface area contributed by atoms with Gasteiger partial charge in [-0.3, -0.25) is 9.59 Å². The number of aldehydes is 1. The standard InChI is InChI=1S/C14H13F3O5/c1-8(19)12(13(20)21-2)11(7-18)9-3-5-10(6-4-9)22-14(15,16)17/h3-7,11-12H,1-2H3. The smallest absolute Gasteiger partial charge is 0.468 e. The molecule has 5 nitrogen and oxygen atoms in total. The quantitative estimate of drug-likeness (QED) is 0.457. The molecular weight excluding hydrogens is 305 g/mol. The lowest BCUT2D eigenvalue weighted by Crippen LogP contribution is -2.30. The van der Waals surface area contributed by atoms with Crippen LogP contribution in [0.2, 0.25) is 0 Å². The highest BCUT2D eigenvalue weighted by molar-refractivity contribution is 6.01. The summed E-state index contributed by atoms with van der Waals surface area (Å²) in [5.74, 6) is -4.44. The average molecular weight is 318 g/mol. The van der Waals surface area contributed by atoms with Crippen molar-refractivity contribution in [1.82, 2.24) is 0 Å². The first-order valence-corrected chi connectivity index (χ1v) is 6.09. The van der Waals surface area contributed by atoms with Gasteiger partial charge in [0.1, 0.15) is 23.7 Å². The molecule has 0 heterocycles. The zero-order valence-electron chi connectivity index (χ0n) is 11.7. The van der Waals surface area contributed by atoms with E-state index in [-0.39, 0.29) is 5.56 Å². The van der Waals surface area contributed by atoms with Crippen molar-refractivity contribution in [3.8, 4) is 5.75 Å². The van der Waals surface area contributed by atoms with Gasteiger partial charge in [-0.1, -0.05) is 12.1 Å². The molecule has 0 aliphatic heterocycles. The lowest BCUT2D eigenvalue weighted by Gasteiger charge is -2.19. The van der Waals surface area contributed by atoms with Crippen LogP contribution in [0.25, 0.3) is 0 Å². The van der Waals surface area contributed by atoms with Crippen molar-refractivity contribution in [2.24, 2.45) is 5.92 Å². The topological polar surface area (TPSA) is 69.7 Å². The minimum Gasteiger partial charge on any atom is -0.468 e. The molecule has 0 aliphatic rings. The fraction of sp³-hybridized carbons (Fsp3) is 0.357. The number of carbonyl (C=O) groups is 3. The second-order valence-corrected chi connectivity index (χ2v) is 4.39. The van der Waals surface area contributed by atoms with Gasteiger partial charge in [0.15, 0.2) is 0 Å². The van der Waals surface area contributed by atoms with E-state index in [4.69, 9.17) is 0 Å². The zero-order chi connectivity index (χ0) is 16.9. The fourth-order valence-corrected chi connectivity index (χ4v) is 1.93. The largest absolute Gasteiger partial charge is 0.573 e. The molecule has 1 rings (SSSR count). The summed E-state index contributed by atoms with van der Waals surface area (Å²) in [6.07, 6.45) is -4.46. The highest BCUT2D eigenvalue weighted by atomic mass is 19.4. The third-order valence-electron chi connectivity index (χ3n) is 2.90. The minimum atomic E-state index is -4.83. The lowest BCUT2D eigenvalue weighted by atomic mass is 9.84. The van der Waals surface area contributed by atoms with Gasteiger partial charge in [0.25, 0.3) is 0 Å². The summed E-state index contributed by atoms with van der Waals surface area (Å²) in [5, 5.41) is 0. The number of hydrogen-bond donors (Lipinski definition) is 0. The van der Waals surface area contributed by atoms with Crippen LogP contribution in [0, 0.1) is 5.92 Å². The van der Waals surface area contributed by atoms with Crippen molar-refractivity contribution in [3.63, 3.8) is 0 Å². The number of benzene rings is 1. The van der Waals surface area contributed by atoms with Crippen LogP contribution in [-0.4, -0.2) is 31.5 Å². The van der Waals surface area contributed by atoms with Gasteiger partial charge in [-0.15, -0.1) is 13.2 Å². The number of ether oxygens (including phenoxy) is 2. The molecule has 1 aromatic rings. The predicted molar refractivity (Wildman–Crippen MR) is 68.1 cm³/mol. The summed E-state index contributed by atoms with van der Waals surface area (Å²) in [5.41, 5.74) is 0.204. The Hall–Kier alpha value is -2.38. The lowest BCUT2D eigenvalue weighted by molar-refractivity contribution is -0.274. The molecule has 0 fully saturated rings. The van der Waals surface area contributed by atoms with E-state index in [1.165, 1.54) is 12.1 Å². The Balaban J connectivity index is 3.07. The molecule has 2 unspecified atom stereocenters. The van der Waals surface area contributed by atoms with Crippen molar-refractivity contribution >= 4 is 18.0 Å². The number of alkyl halides is 3. The van der Waals surface area contributed by atoms with E-state index in [0.29, 0.717) is 6.29 Å². The maximum absolute atomic E-state index is 12.1. The third kappa shape index (κ3) is 4.57. The summed E-state index contributed by atoms with van der Waals surface area (Å²) >= 11 is 0. The van der Waals surface area contributed by atoms with Gasteiger partial charge in [0, 0.05) is 0 Å². The van der Waals surface area contributed by atoms with Crippen molar-refractivity contribution in [2.45, 2.75) is 19.2 Å². The number of rotatable bonds is 6. The van der Waals surface area contributed by atoms with Crippen LogP contribution in [0.4, 0.5) is 13.2 Å². The van der Waals surface area contributed by atoms with Crippen molar-refractivity contribution in [1.29, 1.82) is 0 Å². The molecule has 0 saturated heterocycles. The van der Waals surface area contributed by atoms with E-state index in [1.807, 2.05) is 0 Å². The van der Waals surface area contributed by atoms with Crippen LogP contribution >= 0.6 is 0 Å². The van der Waals surface area contributed by atoms with Gasteiger partial charge in [-0.05, 0) is 24.6 Å². The molecule has 0 N–H and O–H groups in total. The summed E-state index contributed by atoms with van der Waals surface area (Å²) in [6, 6.07) is 4.35. The Morgan fingerprint density at radius 1 is 1.18 bits per heavy atom. The Kier molecular flexibility index (Phi) is 5.67. The Labute approximate surface area is 124 Å². The van der Waals surface area contributed by atoms with E-state index >= 15 is 0 Å². The molecule has 0 bridgehead atoms. The predicted octanol–water partition coefficient (Wildman–Crippen LogP) is 2.25. The highest BCUT2D eigenvalue weighted by Gasteiger charge is 2.35. The third-order valence-corrected chi connectivity index (χ3v) is 2.90. The maximum Gasteiger partial charge on any atom is 0.573 e. The fourth-order valence-electron chi connectivity index (χ4n) is 1.93. The second-order valence-electron chi connectivity index (χ2n) is 4.39. The SMILES string of the molecule is COC(=O)C(C(C)=O)C(C=O)c1ccc(OC(F)(F)F)cc1. The van der Waals surface area contributed by atoms with Gasteiger partial charge < -0.3 is 14.3 Å². The molecule has 8 heteroatoms. The Morgan fingerprint density at radius 2 is 1.73 bits per heavy atom. The van der Waals surface area contributed by atoms with E-state index in [2.05, 4.69) is 9.47 Å². The molecule has 0 aromatic heterocycles. The molecule has 22 heavy (non-hydrogen) atoms. The Morgan fingerprint density at radius 3 is 2.09 bits per heavy atom. The molecule has 2 atom stereocenters. The van der Waals surface area contributed by atoms with Crippen LogP contribution in [0.3, 0.4) is 0 Å². The van der Waals surface area contributed by atoms with Crippen LogP contribution in [0.15, 0.2) is 24.3 Å². The summed E-state index contributed by atoms with van der Waals surface area (Å²) in [4.78, 5) is 34.4. The van der Waals surface area contributed by atoms with Gasteiger partial charge >= 0.3 is 12.3 Å². The minimum absolute atomic E-state index is 0.204. The molecule has 0 saturated carbocycles. The van der Waals surface area contributed by atoms with Crippen molar-refractivity contribution < 1.29 is 37.0 Å². The molecular formula is C14H13F3O5. The number of carbonyl (C=O) groups excluding carboxylic acids is 3. The van der Waals surface area contributed by atoms with Crippen LogP contribution < -0.4 is 4.74 Å². The van der Waals surface area contributed by atoms with Crippen molar-refractivity contribution in [2.75, 3.05) is 7.11 Å². The van der Waals surface area contributed by atoms with E-state index < -0.39 is 35.7 Å². The number of ketones is 1. The van der Waals surface area contributed by atoms with Crippen LogP contribution in [-0.2, 0) is 19.1 Å². The molecule has 0 aliphatic carbocycles. The van der Waals surface area contributed by atoms with Gasteiger partial charge in [0.05, 0.1) is 13.0 Å². The maximum atomic E-state index is 12.1. The highest BCUT2D eigenvalue weighted by Crippen LogP contribution is 2.28. The average Bonchev–Trinajstić information content (AvgIpc) is 2.43. The monoisotopic (exact) mass is 318 g/mol. The molecule has 0 radical (unpaired) electrons. The number of Topliss-reactive ketones (excluding diaryl/α,β-unsaturated/α-hetero) is 1. The first-order valence-electron chi connectivity index (χ1n) is 6.09. The van der Waals surface area contributed by atoms with Gasteiger partial charge in [-0.25, -0.2) is 0 Å².